The Kier molecular flexibility index (Phi) is 6.40. The summed E-state index contributed by atoms with van der Waals surface area (Å²) >= 11 is 0. The molecule has 0 radical (unpaired) electrons. The van der Waals surface area contributed by atoms with Crippen molar-refractivity contribution in [3.63, 3.8) is 0 Å². The van der Waals surface area contributed by atoms with Gasteiger partial charge in [0.25, 0.3) is 0 Å². The fourth-order valence-corrected chi connectivity index (χ4v) is 2.83. The lowest BCUT2D eigenvalue weighted by Gasteiger charge is -2.33. The van der Waals surface area contributed by atoms with Crippen LogP contribution in [0.3, 0.4) is 0 Å². The van der Waals surface area contributed by atoms with Crippen molar-refractivity contribution in [1.82, 2.24) is 5.32 Å². The van der Waals surface area contributed by atoms with Gasteiger partial charge >= 0.3 is 0 Å². The van der Waals surface area contributed by atoms with Crippen LogP contribution < -0.4 is 15.1 Å². The van der Waals surface area contributed by atoms with Crippen LogP contribution in [0.2, 0.25) is 0 Å². The summed E-state index contributed by atoms with van der Waals surface area (Å²) in [5.74, 6) is 0.171. The van der Waals surface area contributed by atoms with E-state index in [0.717, 1.165) is 31.6 Å². The number of hydrogen-bond donors (Lipinski definition) is 2. The summed E-state index contributed by atoms with van der Waals surface area (Å²) in [4.78, 5) is 25.8. The molecular formula is C17H25N3O3. The average Bonchev–Trinajstić information content (AvgIpc) is 2.60. The summed E-state index contributed by atoms with van der Waals surface area (Å²) in [6.45, 7) is 2.80. The van der Waals surface area contributed by atoms with Crippen LogP contribution >= 0.6 is 0 Å². The van der Waals surface area contributed by atoms with Crippen LogP contribution in [-0.4, -0.2) is 50.7 Å². The molecule has 6 nitrogen and oxygen atoms in total. The van der Waals surface area contributed by atoms with Crippen molar-refractivity contribution >= 4 is 23.7 Å². The normalized spacial score (nSPS) is 15.3. The highest BCUT2D eigenvalue weighted by Gasteiger charge is 2.18. The Hall–Kier alpha value is -2.08. The SMILES string of the molecule is CN(CCC(=O)NC=O)c1ccc(N2CCC(CO)CC2)cc1. The number of carbonyl (C=O) groups excluding carboxylic acids is 2. The van der Waals surface area contributed by atoms with E-state index in [9.17, 15) is 14.7 Å². The number of nitrogens with zero attached hydrogens (tertiary/aromatic N) is 2. The molecule has 0 atom stereocenters. The summed E-state index contributed by atoms with van der Waals surface area (Å²) < 4.78 is 0. The number of aliphatic hydroxyl groups excluding tert-OH is 1. The fourth-order valence-electron chi connectivity index (χ4n) is 2.83. The average molecular weight is 319 g/mol. The smallest absolute Gasteiger partial charge is 0.228 e. The van der Waals surface area contributed by atoms with Crippen molar-refractivity contribution < 1.29 is 14.7 Å². The van der Waals surface area contributed by atoms with Crippen LogP contribution in [0.15, 0.2) is 24.3 Å². The van der Waals surface area contributed by atoms with Crippen LogP contribution in [0.25, 0.3) is 0 Å². The summed E-state index contributed by atoms with van der Waals surface area (Å²) in [7, 11) is 1.93. The fraction of sp³-hybridized carbons (Fsp3) is 0.529. The Morgan fingerprint density at radius 3 is 2.57 bits per heavy atom. The zero-order valence-electron chi connectivity index (χ0n) is 13.6. The highest BCUT2D eigenvalue weighted by atomic mass is 16.3. The number of rotatable bonds is 7. The number of hydrogen-bond acceptors (Lipinski definition) is 5. The molecule has 1 aliphatic heterocycles. The Morgan fingerprint density at radius 1 is 1.35 bits per heavy atom. The number of carbonyl (C=O) groups is 2. The van der Waals surface area contributed by atoms with E-state index in [2.05, 4.69) is 22.3 Å². The number of anilines is 2. The number of amides is 2. The monoisotopic (exact) mass is 319 g/mol. The molecule has 0 unspecified atom stereocenters. The predicted molar refractivity (Wildman–Crippen MR) is 90.6 cm³/mol. The second-order valence-corrected chi connectivity index (χ2v) is 5.99. The Labute approximate surface area is 137 Å². The number of aliphatic hydroxyl groups is 1. The molecule has 1 saturated heterocycles. The van der Waals surface area contributed by atoms with Gasteiger partial charge < -0.3 is 14.9 Å². The number of nitrogens with one attached hydrogen (secondary N) is 1. The molecule has 1 aromatic carbocycles. The number of imide groups is 1. The molecular weight excluding hydrogens is 294 g/mol. The van der Waals surface area contributed by atoms with E-state index in [1.807, 2.05) is 24.1 Å². The molecule has 2 rings (SSSR count). The minimum Gasteiger partial charge on any atom is -0.396 e. The lowest BCUT2D eigenvalue weighted by molar-refractivity contribution is -0.125. The van der Waals surface area contributed by atoms with Gasteiger partial charge in [0.2, 0.25) is 12.3 Å². The lowest BCUT2D eigenvalue weighted by atomic mass is 9.97. The summed E-state index contributed by atoms with van der Waals surface area (Å²) in [5, 5.41) is 11.3. The van der Waals surface area contributed by atoms with Crippen molar-refractivity contribution in [2.45, 2.75) is 19.3 Å². The second-order valence-electron chi connectivity index (χ2n) is 5.99. The highest BCUT2D eigenvalue weighted by Crippen LogP contribution is 2.25. The van der Waals surface area contributed by atoms with E-state index >= 15 is 0 Å². The molecule has 1 aliphatic rings. The molecule has 0 saturated carbocycles. The van der Waals surface area contributed by atoms with Gasteiger partial charge in [-0.2, -0.15) is 0 Å². The van der Waals surface area contributed by atoms with Gasteiger partial charge in [0.05, 0.1) is 0 Å². The summed E-state index contributed by atoms with van der Waals surface area (Å²) in [5.41, 5.74) is 2.23. The van der Waals surface area contributed by atoms with Crippen LogP contribution in [0, 0.1) is 5.92 Å². The Morgan fingerprint density at radius 2 is 2.00 bits per heavy atom. The van der Waals surface area contributed by atoms with Crippen molar-refractivity contribution in [3.8, 4) is 0 Å². The molecule has 0 bridgehead atoms. The van der Waals surface area contributed by atoms with Crippen LogP contribution in [-0.2, 0) is 9.59 Å². The first-order valence-corrected chi connectivity index (χ1v) is 8.04. The minimum absolute atomic E-state index is 0.268. The first-order chi connectivity index (χ1) is 11.1. The van der Waals surface area contributed by atoms with Crippen molar-refractivity contribution in [3.05, 3.63) is 24.3 Å². The summed E-state index contributed by atoms with van der Waals surface area (Å²) in [6, 6.07) is 8.28. The molecule has 2 amide bonds. The second kappa shape index (κ2) is 8.53. The van der Waals surface area contributed by atoms with E-state index in [0.29, 0.717) is 18.9 Å². The topological polar surface area (TPSA) is 72.9 Å². The van der Waals surface area contributed by atoms with Crippen molar-refractivity contribution in [1.29, 1.82) is 0 Å². The van der Waals surface area contributed by atoms with Crippen LogP contribution in [0.5, 0.6) is 0 Å². The zero-order chi connectivity index (χ0) is 16.7. The minimum atomic E-state index is -0.268. The van der Waals surface area contributed by atoms with E-state index in [4.69, 9.17) is 0 Å². The Bertz CT molecular complexity index is 510. The first kappa shape index (κ1) is 17.3. The molecule has 2 N–H and O–H groups in total. The third-order valence-corrected chi connectivity index (χ3v) is 4.42. The van der Waals surface area contributed by atoms with Crippen molar-refractivity contribution in [2.24, 2.45) is 5.92 Å². The van der Waals surface area contributed by atoms with Crippen LogP contribution in [0.1, 0.15) is 19.3 Å². The van der Waals surface area contributed by atoms with Gasteiger partial charge in [-0.3, -0.25) is 14.9 Å². The van der Waals surface area contributed by atoms with Gasteiger partial charge in [-0.15, -0.1) is 0 Å². The molecule has 126 valence electrons. The molecule has 0 aromatic heterocycles. The predicted octanol–water partition coefficient (Wildman–Crippen LogP) is 0.994. The first-order valence-electron chi connectivity index (χ1n) is 8.04. The molecule has 0 spiro atoms. The molecule has 6 heteroatoms. The van der Waals surface area contributed by atoms with Crippen LogP contribution in [0.4, 0.5) is 11.4 Å². The maximum Gasteiger partial charge on any atom is 0.228 e. The molecule has 23 heavy (non-hydrogen) atoms. The maximum atomic E-state index is 11.3. The van der Waals surface area contributed by atoms with Crippen molar-refractivity contribution in [2.75, 3.05) is 43.1 Å². The quantitative estimate of drug-likeness (QED) is 0.734. The van der Waals surface area contributed by atoms with Gasteiger partial charge in [-0.25, -0.2) is 0 Å². The van der Waals surface area contributed by atoms with E-state index < -0.39 is 0 Å². The van der Waals surface area contributed by atoms with E-state index in [1.54, 1.807) is 0 Å². The third-order valence-electron chi connectivity index (χ3n) is 4.42. The van der Waals surface area contributed by atoms with Gasteiger partial charge in [0.15, 0.2) is 0 Å². The molecule has 1 heterocycles. The maximum absolute atomic E-state index is 11.3. The largest absolute Gasteiger partial charge is 0.396 e. The number of benzene rings is 1. The highest BCUT2D eigenvalue weighted by molar-refractivity contribution is 5.86. The zero-order valence-corrected chi connectivity index (χ0v) is 13.6. The van der Waals surface area contributed by atoms with Gasteiger partial charge in [-0.1, -0.05) is 0 Å². The van der Waals surface area contributed by atoms with Gasteiger partial charge in [0, 0.05) is 51.1 Å². The van der Waals surface area contributed by atoms with E-state index in [1.165, 1.54) is 5.69 Å². The van der Waals surface area contributed by atoms with Gasteiger partial charge in [-0.05, 0) is 43.0 Å². The molecule has 1 fully saturated rings. The molecule has 0 aliphatic carbocycles. The number of piperidine rings is 1. The van der Waals surface area contributed by atoms with Gasteiger partial charge in [0.1, 0.15) is 0 Å². The third kappa shape index (κ3) is 4.96. The summed E-state index contributed by atoms with van der Waals surface area (Å²) in [6.07, 6.45) is 2.76. The standard InChI is InChI=1S/C17H25N3O3/c1-19(9-8-17(23)18-13-22)15-2-4-16(5-3-15)20-10-6-14(12-21)7-11-20/h2-5,13-14,21H,6-12H2,1H3,(H,18,22,23). The van der Waals surface area contributed by atoms with E-state index in [-0.39, 0.29) is 18.9 Å². The lowest BCUT2D eigenvalue weighted by Crippen LogP contribution is -2.34. The molecule has 1 aromatic rings. The Balaban J connectivity index is 1.86.